The summed E-state index contributed by atoms with van der Waals surface area (Å²) in [6.07, 6.45) is 6.08. The van der Waals surface area contributed by atoms with Crippen LogP contribution in [0.15, 0.2) is 63.6 Å². The van der Waals surface area contributed by atoms with Crippen LogP contribution in [0.25, 0.3) is 6.08 Å². The van der Waals surface area contributed by atoms with Crippen molar-refractivity contribution in [3.63, 3.8) is 0 Å². The number of amides is 2. The predicted molar refractivity (Wildman–Crippen MR) is 139 cm³/mol. The number of fused-ring (bicyclic) bond motifs is 3. The summed E-state index contributed by atoms with van der Waals surface area (Å²) in [4.78, 5) is 28.4. The largest absolute Gasteiger partial charge is 0.459 e. The maximum absolute atomic E-state index is 13.6. The molecule has 4 atom stereocenters. The van der Waals surface area contributed by atoms with Crippen LogP contribution in [0.2, 0.25) is 0 Å². The third-order valence-corrected chi connectivity index (χ3v) is 7.82. The molecule has 1 aromatic heterocycles. The third-order valence-electron chi connectivity index (χ3n) is 7.82. The number of anilines is 1. The number of carbonyl (C=O) groups excluding carboxylic acids is 2. The van der Waals surface area contributed by atoms with Gasteiger partial charge in [-0.1, -0.05) is 37.1 Å². The van der Waals surface area contributed by atoms with Gasteiger partial charge in [-0.25, -0.2) is 0 Å². The molecule has 7 nitrogen and oxygen atoms in total. The first-order valence-electron chi connectivity index (χ1n) is 13.2. The number of hydrogen-bond acceptors (Lipinski definition) is 6. The summed E-state index contributed by atoms with van der Waals surface area (Å²) in [7, 11) is 1.67. The van der Waals surface area contributed by atoms with Crippen LogP contribution >= 0.6 is 0 Å². The number of allylic oxidation sites excluding steroid dienone is 1. The molecule has 2 saturated heterocycles. The number of benzene rings is 1. The van der Waals surface area contributed by atoms with E-state index in [9.17, 15) is 14.7 Å². The zero-order valence-corrected chi connectivity index (χ0v) is 21.5. The average Bonchev–Trinajstić information content (AvgIpc) is 3.60. The van der Waals surface area contributed by atoms with E-state index in [1.54, 1.807) is 13.2 Å². The van der Waals surface area contributed by atoms with E-state index in [-0.39, 0.29) is 42.3 Å². The van der Waals surface area contributed by atoms with Gasteiger partial charge in [0.05, 0.1) is 36.8 Å². The summed E-state index contributed by atoms with van der Waals surface area (Å²) in [5.74, 6) is 0.196. The van der Waals surface area contributed by atoms with Crippen molar-refractivity contribution in [3.8, 4) is 0 Å². The Kier molecular flexibility index (Phi) is 7.74. The number of nitrogens with zero attached hydrogens (tertiary/aromatic N) is 1. The Hall–Kier alpha value is -3.00. The lowest BCUT2D eigenvalue weighted by atomic mass is 9.69. The van der Waals surface area contributed by atoms with Crippen molar-refractivity contribution in [2.24, 2.45) is 17.8 Å². The number of methoxy groups -OCH3 is 1. The fourth-order valence-electron chi connectivity index (χ4n) is 6.28. The normalized spacial score (nSPS) is 25.7. The monoisotopic (exact) mass is 505 g/mol. The molecule has 1 aliphatic carbocycles. The molecule has 0 unspecified atom stereocenters. The number of carbonyl (C=O) groups is 2. The molecule has 0 radical (unpaired) electrons. The van der Waals surface area contributed by atoms with Crippen molar-refractivity contribution in [2.45, 2.75) is 51.7 Å². The molecule has 7 heteroatoms. The summed E-state index contributed by atoms with van der Waals surface area (Å²) < 4.78 is 17.6. The Balaban J connectivity index is 1.37. The van der Waals surface area contributed by atoms with Crippen LogP contribution in [0, 0.1) is 17.8 Å². The molecule has 196 valence electrons. The third kappa shape index (κ3) is 4.96. The highest BCUT2D eigenvalue weighted by Crippen LogP contribution is 2.50. The maximum atomic E-state index is 13.6. The summed E-state index contributed by atoms with van der Waals surface area (Å²) in [5.41, 5.74) is 4.16. The van der Waals surface area contributed by atoms with Crippen molar-refractivity contribution >= 4 is 23.6 Å². The van der Waals surface area contributed by atoms with Crippen molar-refractivity contribution in [3.05, 3.63) is 70.7 Å². The number of hydrogen-bond donors (Lipinski definition) is 1. The standard InChI is InChI=1S/C30H35NO6/c1-3-7-19(14-22-11-12-23(16-32)37-22)10-13-26-27-20(17-35-2)15-24-28(25(27)18-36-26)30(34)31(29(24)33)21-8-5-4-6-9-21/h4-6,8-9,11-12,14,24-26,28,32H,3,7,10,13,15-18H2,1-2H3/b19-14+/t24-,25+,26-,28-/m1/s1. The number of furan rings is 1. The minimum Gasteiger partial charge on any atom is -0.459 e. The van der Waals surface area contributed by atoms with Crippen molar-refractivity contribution in [1.29, 1.82) is 0 Å². The van der Waals surface area contributed by atoms with E-state index in [1.165, 1.54) is 10.5 Å². The number of ether oxygens (including phenoxy) is 2. The zero-order valence-electron chi connectivity index (χ0n) is 21.5. The van der Waals surface area contributed by atoms with Gasteiger partial charge in [-0.2, -0.15) is 0 Å². The molecule has 37 heavy (non-hydrogen) atoms. The second kappa shape index (κ2) is 11.2. The quantitative estimate of drug-likeness (QED) is 0.365. The molecule has 3 aliphatic rings. The number of aliphatic hydroxyl groups excluding tert-OH is 1. The maximum Gasteiger partial charge on any atom is 0.238 e. The van der Waals surface area contributed by atoms with Gasteiger partial charge in [0, 0.05) is 13.0 Å². The highest BCUT2D eigenvalue weighted by Gasteiger charge is 2.57. The number of imide groups is 1. The number of para-hydroxylation sites is 1. The molecule has 0 saturated carbocycles. The van der Waals surface area contributed by atoms with Gasteiger partial charge >= 0.3 is 0 Å². The molecule has 1 aromatic carbocycles. The van der Waals surface area contributed by atoms with Gasteiger partial charge in [0.25, 0.3) is 0 Å². The van der Waals surface area contributed by atoms with Gasteiger partial charge in [0.2, 0.25) is 11.8 Å². The van der Waals surface area contributed by atoms with Crippen LogP contribution in [0.4, 0.5) is 5.69 Å². The van der Waals surface area contributed by atoms with E-state index in [2.05, 4.69) is 13.0 Å². The Morgan fingerprint density at radius 3 is 2.62 bits per heavy atom. The first kappa shape index (κ1) is 25.6. The Bertz CT molecular complexity index is 1200. The molecule has 5 rings (SSSR count). The summed E-state index contributed by atoms with van der Waals surface area (Å²) in [6, 6.07) is 12.9. The van der Waals surface area contributed by atoms with Crippen LogP contribution in [0.5, 0.6) is 0 Å². The van der Waals surface area contributed by atoms with Crippen LogP contribution in [-0.2, 0) is 25.7 Å². The molecule has 2 aromatic rings. The van der Waals surface area contributed by atoms with Gasteiger partial charge in [0.15, 0.2) is 0 Å². The van der Waals surface area contributed by atoms with Crippen LogP contribution in [-0.4, -0.2) is 43.3 Å². The molecule has 2 fully saturated rings. The van der Waals surface area contributed by atoms with Gasteiger partial charge in [-0.3, -0.25) is 14.5 Å². The second-order valence-electron chi connectivity index (χ2n) is 10.2. The summed E-state index contributed by atoms with van der Waals surface area (Å²) in [5, 5.41) is 9.30. The molecule has 3 heterocycles. The molecule has 1 N–H and O–H groups in total. The zero-order chi connectivity index (χ0) is 25.9. The fraction of sp³-hybridized carbons (Fsp3) is 0.467. The van der Waals surface area contributed by atoms with Crippen LogP contribution < -0.4 is 4.90 Å². The Morgan fingerprint density at radius 2 is 1.92 bits per heavy atom. The van der Waals surface area contributed by atoms with E-state index in [4.69, 9.17) is 13.9 Å². The smallest absolute Gasteiger partial charge is 0.238 e. The van der Waals surface area contributed by atoms with Crippen molar-refractivity contribution < 1.29 is 28.6 Å². The second-order valence-corrected chi connectivity index (χ2v) is 10.2. The molecule has 0 bridgehead atoms. The molecule has 0 spiro atoms. The lowest BCUT2D eigenvalue weighted by Crippen LogP contribution is -2.35. The van der Waals surface area contributed by atoms with E-state index in [1.807, 2.05) is 36.4 Å². The topological polar surface area (TPSA) is 89.2 Å². The lowest BCUT2D eigenvalue weighted by molar-refractivity contribution is -0.122. The molecule has 2 aliphatic heterocycles. The van der Waals surface area contributed by atoms with Gasteiger partial charge < -0.3 is 19.0 Å². The van der Waals surface area contributed by atoms with Gasteiger partial charge in [-0.15, -0.1) is 0 Å². The van der Waals surface area contributed by atoms with E-state index in [0.717, 1.165) is 42.6 Å². The average molecular weight is 506 g/mol. The minimum absolute atomic E-state index is 0.102. The SMILES string of the molecule is CCC/C(=C\c1ccc(CO)o1)CC[C@H]1OC[C@H]2C1=C(COC)C[C@H]1C(=O)N(c3ccccc3)C(=O)[C@H]12. The van der Waals surface area contributed by atoms with Gasteiger partial charge in [-0.05, 0) is 67.2 Å². The summed E-state index contributed by atoms with van der Waals surface area (Å²) >= 11 is 0. The highest BCUT2D eigenvalue weighted by molar-refractivity contribution is 6.22. The highest BCUT2D eigenvalue weighted by atomic mass is 16.5. The lowest BCUT2D eigenvalue weighted by Gasteiger charge is -2.31. The van der Waals surface area contributed by atoms with Crippen molar-refractivity contribution in [1.82, 2.24) is 0 Å². The Morgan fingerprint density at radius 1 is 1.11 bits per heavy atom. The van der Waals surface area contributed by atoms with E-state index < -0.39 is 0 Å². The van der Waals surface area contributed by atoms with Gasteiger partial charge in [0.1, 0.15) is 18.1 Å². The van der Waals surface area contributed by atoms with E-state index >= 15 is 0 Å². The summed E-state index contributed by atoms with van der Waals surface area (Å²) in [6.45, 7) is 2.92. The molecule has 2 amide bonds. The molecular weight excluding hydrogens is 470 g/mol. The minimum atomic E-state index is -0.390. The van der Waals surface area contributed by atoms with Crippen molar-refractivity contribution in [2.75, 3.05) is 25.2 Å². The number of aliphatic hydroxyl groups is 1. The molecular formula is C30H35NO6. The van der Waals surface area contributed by atoms with Crippen LogP contribution in [0.3, 0.4) is 0 Å². The predicted octanol–water partition coefficient (Wildman–Crippen LogP) is 4.90. The Labute approximate surface area is 217 Å². The van der Waals surface area contributed by atoms with Crippen LogP contribution in [0.1, 0.15) is 50.5 Å². The number of rotatable bonds is 10. The first-order valence-corrected chi connectivity index (χ1v) is 13.2. The first-order chi connectivity index (χ1) is 18.0. The fourth-order valence-corrected chi connectivity index (χ4v) is 6.28. The van der Waals surface area contributed by atoms with E-state index in [0.29, 0.717) is 31.1 Å².